The Morgan fingerprint density at radius 1 is 1.33 bits per heavy atom. The first-order valence-electron chi connectivity index (χ1n) is 4.95. The highest BCUT2D eigenvalue weighted by Crippen LogP contribution is 2.22. The Labute approximate surface area is 94.1 Å². The van der Waals surface area contributed by atoms with E-state index in [1.165, 1.54) is 0 Å². The van der Waals surface area contributed by atoms with Gasteiger partial charge in [0.15, 0.2) is 0 Å². The van der Waals surface area contributed by atoms with E-state index in [1.54, 1.807) is 6.92 Å². The summed E-state index contributed by atoms with van der Waals surface area (Å²) in [7, 11) is 0. The zero-order valence-electron chi connectivity index (χ0n) is 9.02. The number of hydrogen-bond acceptors (Lipinski definition) is 2. The van der Waals surface area contributed by atoms with Crippen molar-refractivity contribution in [3.05, 3.63) is 10.7 Å². The zero-order chi connectivity index (χ0) is 11.9. The predicted molar refractivity (Wildman–Crippen MR) is 57.8 cm³/mol. The lowest BCUT2D eigenvalue weighted by molar-refractivity contribution is -0.137. The highest BCUT2D eigenvalue weighted by atomic mass is 32.1. The van der Waals surface area contributed by atoms with Gasteiger partial charge >= 0.3 is 6.18 Å². The van der Waals surface area contributed by atoms with E-state index >= 15 is 0 Å². The molecule has 15 heavy (non-hydrogen) atoms. The Morgan fingerprint density at radius 3 is 2.33 bits per heavy atom. The topological polar surface area (TPSA) is 9.23 Å². The van der Waals surface area contributed by atoms with Crippen molar-refractivity contribution in [1.29, 1.82) is 0 Å². The molecule has 0 bridgehead atoms. The molecule has 0 saturated heterocycles. The standard InChI is InChI=1S/C10H17F3OS/c1-3-5-9(8(2)15)14-7-4-6-10(11,12)13/h15H,3-7H2,1-2H3/b9-8-. The lowest BCUT2D eigenvalue weighted by atomic mass is 10.2. The molecule has 0 fully saturated rings. The van der Waals surface area contributed by atoms with E-state index in [0.29, 0.717) is 5.76 Å². The van der Waals surface area contributed by atoms with Gasteiger partial charge in [0, 0.05) is 17.7 Å². The van der Waals surface area contributed by atoms with E-state index in [9.17, 15) is 13.2 Å². The number of ether oxygens (including phenoxy) is 1. The Balaban J connectivity index is 3.79. The van der Waals surface area contributed by atoms with Crippen LogP contribution < -0.4 is 0 Å². The molecule has 0 rings (SSSR count). The number of hydrogen-bond donors (Lipinski definition) is 1. The first kappa shape index (κ1) is 14.7. The Morgan fingerprint density at radius 2 is 1.93 bits per heavy atom. The van der Waals surface area contributed by atoms with Crippen LogP contribution in [0.4, 0.5) is 13.2 Å². The summed E-state index contributed by atoms with van der Waals surface area (Å²) in [6, 6.07) is 0. The second-order valence-corrected chi connectivity index (χ2v) is 4.00. The van der Waals surface area contributed by atoms with Crippen LogP contribution in [0.1, 0.15) is 39.5 Å². The molecule has 0 aliphatic carbocycles. The summed E-state index contributed by atoms with van der Waals surface area (Å²) in [5.74, 6) is 0.697. The first-order chi connectivity index (χ1) is 6.87. The van der Waals surface area contributed by atoms with E-state index in [4.69, 9.17) is 4.74 Å². The number of allylic oxidation sites excluding steroid dienone is 2. The van der Waals surface area contributed by atoms with Gasteiger partial charge in [0.2, 0.25) is 0 Å². The molecule has 0 radical (unpaired) electrons. The van der Waals surface area contributed by atoms with Gasteiger partial charge in [-0.2, -0.15) is 13.2 Å². The molecule has 0 aromatic rings. The van der Waals surface area contributed by atoms with Crippen molar-refractivity contribution in [1.82, 2.24) is 0 Å². The van der Waals surface area contributed by atoms with Crippen LogP contribution in [0.5, 0.6) is 0 Å². The van der Waals surface area contributed by atoms with Gasteiger partial charge in [-0.15, -0.1) is 12.6 Å². The monoisotopic (exact) mass is 242 g/mol. The van der Waals surface area contributed by atoms with Gasteiger partial charge in [0.05, 0.1) is 6.61 Å². The van der Waals surface area contributed by atoms with Crippen molar-refractivity contribution < 1.29 is 17.9 Å². The van der Waals surface area contributed by atoms with Gasteiger partial charge in [-0.05, 0) is 19.8 Å². The summed E-state index contributed by atoms with van der Waals surface area (Å²) < 4.78 is 40.7. The number of halogens is 3. The van der Waals surface area contributed by atoms with Crippen LogP contribution >= 0.6 is 12.6 Å². The Kier molecular flexibility index (Phi) is 6.89. The van der Waals surface area contributed by atoms with Gasteiger partial charge in [-0.3, -0.25) is 0 Å². The summed E-state index contributed by atoms with van der Waals surface area (Å²) in [4.78, 5) is 0.740. The highest BCUT2D eigenvalue weighted by Gasteiger charge is 2.26. The fourth-order valence-electron chi connectivity index (χ4n) is 1.05. The first-order valence-corrected chi connectivity index (χ1v) is 5.39. The van der Waals surface area contributed by atoms with E-state index < -0.39 is 12.6 Å². The van der Waals surface area contributed by atoms with E-state index in [0.717, 1.165) is 17.7 Å². The summed E-state index contributed by atoms with van der Waals surface area (Å²) in [5, 5.41) is 0. The molecule has 1 nitrogen and oxygen atoms in total. The van der Waals surface area contributed by atoms with Crippen LogP contribution in [0, 0.1) is 0 Å². The average molecular weight is 242 g/mol. The second-order valence-electron chi connectivity index (χ2n) is 3.33. The molecule has 0 N–H and O–H groups in total. The Hall–Kier alpha value is -0.320. The lowest BCUT2D eigenvalue weighted by Crippen LogP contribution is -2.08. The highest BCUT2D eigenvalue weighted by molar-refractivity contribution is 7.84. The summed E-state index contributed by atoms with van der Waals surface area (Å²) in [5.41, 5.74) is 0. The molecule has 90 valence electrons. The Bertz CT molecular complexity index is 207. The molecule has 0 heterocycles. The van der Waals surface area contributed by atoms with Crippen molar-refractivity contribution >= 4 is 12.6 Å². The molecule has 0 aliphatic rings. The van der Waals surface area contributed by atoms with Gasteiger partial charge in [0.25, 0.3) is 0 Å². The molecule has 0 amide bonds. The summed E-state index contributed by atoms with van der Waals surface area (Å²) in [6.45, 7) is 3.86. The van der Waals surface area contributed by atoms with Gasteiger partial charge < -0.3 is 4.74 Å². The van der Waals surface area contributed by atoms with Crippen molar-refractivity contribution in [3.8, 4) is 0 Å². The van der Waals surface area contributed by atoms with Crippen LogP contribution in [0.25, 0.3) is 0 Å². The number of thiol groups is 1. The molecule has 0 spiro atoms. The molecular formula is C10H17F3OS. The summed E-state index contributed by atoms with van der Waals surface area (Å²) in [6.07, 6.45) is -3.27. The maximum Gasteiger partial charge on any atom is 0.389 e. The fraction of sp³-hybridized carbons (Fsp3) is 0.800. The quantitative estimate of drug-likeness (QED) is 0.415. The van der Waals surface area contributed by atoms with E-state index in [1.807, 2.05) is 6.92 Å². The molecule has 0 atom stereocenters. The molecule has 0 saturated carbocycles. The minimum atomic E-state index is -4.09. The maximum absolute atomic E-state index is 11.8. The minimum Gasteiger partial charge on any atom is -0.497 e. The van der Waals surface area contributed by atoms with Crippen molar-refractivity contribution in [3.63, 3.8) is 0 Å². The van der Waals surface area contributed by atoms with Crippen LogP contribution in [0.15, 0.2) is 10.7 Å². The van der Waals surface area contributed by atoms with E-state index in [2.05, 4.69) is 12.6 Å². The van der Waals surface area contributed by atoms with Crippen LogP contribution in [0.2, 0.25) is 0 Å². The number of rotatable bonds is 6. The fourth-order valence-corrected chi connectivity index (χ4v) is 1.23. The van der Waals surface area contributed by atoms with Gasteiger partial charge in [-0.1, -0.05) is 6.92 Å². The predicted octanol–water partition coefficient (Wildman–Crippen LogP) is 4.31. The van der Waals surface area contributed by atoms with Crippen LogP contribution in [-0.4, -0.2) is 12.8 Å². The van der Waals surface area contributed by atoms with E-state index in [-0.39, 0.29) is 13.0 Å². The zero-order valence-corrected chi connectivity index (χ0v) is 9.92. The van der Waals surface area contributed by atoms with Crippen LogP contribution in [0.3, 0.4) is 0 Å². The number of alkyl halides is 3. The molecule has 0 aromatic heterocycles. The van der Waals surface area contributed by atoms with Crippen molar-refractivity contribution in [2.45, 2.75) is 45.7 Å². The van der Waals surface area contributed by atoms with Crippen molar-refractivity contribution in [2.24, 2.45) is 0 Å². The maximum atomic E-state index is 11.8. The molecule has 0 unspecified atom stereocenters. The third kappa shape index (κ3) is 8.66. The molecule has 0 aromatic carbocycles. The van der Waals surface area contributed by atoms with Gasteiger partial charge in [0.1, 0.15) is 5.76 Å². The molecule has 5 heteroatoms. The summed E-state index contributed by atoms with van der Waals surface area (Å²) >= 11 is 4.12. The van der Waals surface area contributed by atoms with Crippen molar-refractivity contribution in [2.75, 3.05) is 6.61 Å². The average Bonchev–Trinajstić information content (AvgIpc) is 2.08. The van der Waals surface area contributed by atoms with Crippen LogP contribution in [-0.2, 0) is 4.74 Å². The molecule has 0 aliphatic heterocycles. The smallest absolute Gasteiger partial charge is 0.389 e. The minimum absolute atomic E-state index is 0.00221. The third-order valence-corrected chi connectivity index (χ3v) is 2.01. The second kappa shape index (κ2) is 7.04. The lowest BCUT2D eigenvalue weighted by Gasteiger charge is -2.12. The molecular weight excluding hydrogens is 225 g/mol. The normalized spacial score (nSPS) is 13.7. The third-order valence-electron chi connectivity index (χ3n) is 1.76. The largest absolute Gasteiger partial charge is 0.497 e. The van der Waals surface area contributed by atoms with Gasteiger partial charge in [-0.25, -0.2) is 0 Å². The SMILES string of the molecule is CCC/C(OCCCC(F)(F)F)=C(\C)S.